The molecule has 0 radical (unpaired) electrons. The van der Waals surface area contributed by atoms with E-state index < -0.39 is 10.0 Å². The molecule has 9 heteroatoms. The van der Waals surface area contributed by atoms with Gasteiger partial charge in [-0.05, 0) is 24.3 Å². The predicted molar refractivity (Wildman–Crippen MR) is 121 cm³/mol. The van der Waals surface area contributed by atoms with Gasteiger partial charge in [-0.3, -0.25) is 9.78 Å². The summed E-state index contributed by atoms with van der Waals surface area (Å²) in [6, 6.07) is 14.5. The number of carbonyl (C=O) groups excluding carboxylic acids is 1. The Bertz CT molecular complexity index is 1410. The molecule has 166 valence electrons. The lowest BCUT2D eigenvalue weighted by atomic mass is 10.1. The maximum absolute atomic E-state index is 12.4. The van der Waals surface area contributed by atoms with Gasteiger partial charge >= 0.3 is 5.97 Å². The summed E-state index contributed by atoms with van der Waals surface area (Å²) in [5, 5.41) is 0.997. The molecule has 0 fully saturated rings. The van der Waals surface area contributed by atoms with E-state index in [0.717, 1.165) is 22.0 Å². The number of imidazole rings is 1. The lowest BCUT2D eigenvalue weighted by Gasteiger charge is -2.10. The molecule has 32 heavy (non-hydrogen) atoms. The Balaban J connectivity index is 1.44. The quantitative estimate of drug-likeness (QED) is 0.400. The van der Waals surface area contributed by atoms with Crippen LogP contribution >= 0.6 is 0 Å². The van der Waals surface area contributed by atoms with Crippen LogP contribution in [-0.2, 0) is 39.6 Å². The molecule has 0 spiro atoms. The number of aryl methyl sites for hydroxylation is 2. The molecular formula is C23H24N4O4S. The Morgan fingerprint density at radius 3 is 2.69 bits per heavy atom. The fraction of sp³-hybridized carbons (Fsp3) is 0.261. The first kappa shape index (κ1) is 21.9. The molecule has 8 nitrogen and oxygen atoms in total. The van der Waals surface area contributed by atoms with E-state index in [-0.39, 0.29) is 23.9 Å². The molecule has 4 aromatic rings. The fourth-order valence-electron chi connectivity index (χ4n) is 3.55. The predicted octanol–water partition coefficient (Wildman–Crippen LogP) is 3.05. The van der Waals surface area contributed by atoms with Gasteiger partial charge in [-0.25, -0.2) is 17.7 Å². The highest BCUT2D eigenvalue weighted by molar-refractivity contribution is 7.89. The standard InChI is InChI=1S/C23H24N4O4S/c1-26(2)32(29,30)18-9-10-20-19(14-18)25-21(27(20)3)11-12-22(28)31-15-17-7-4-6-16-8-5-13-24-23(16)17/h4-10,13-14H,11-12,15H2,1-3H3. The van der Waals surface area contributed by atoms with Crippen LogP contribution in [0.15, 0.2) is 59.6 Å². The van der Waals surface area contributed by atoms with Crippen molar-refractivity contribution in [2.75, 3.05) is 14.1 Å². The van der Waals surface area contributed by atoms with Gasteiger partial charge < -0.3 is 9.30 Å². The van der Waals surface area contributed by atoms with Crippen molar-refractivity contribution in [1.82, 2.24) is 18.8 Å². The Labute approximate surface area is 186 Å². The molecule has 2 aromatic heterocycles. The average molecular weight is 453 g/mol. The number of rotatable bonds is 7. The number of esters is 1. The van der Waals surface area contributed by atoms with Gasteiger partial charge in [0.15, 0.2) is 0 Å². The first-order chi connectivity index (χ1) is 15.3. The first-order valence-corrected chi connectivity index (χ1v) is 11.6. The van der Waals surface area contributed by atoms with Gasteiger partial charge in [0, 0.05) is 44.7 Å². The number of hydrogen-bond acceptors (Lipinski definition) is 6. The summed E-state index contributed by atoms with van der Waals surface area (Å²) in [4.78, 5) is 21.4. The number of fused-ring (bicyclic) bond motifs is 2. The van der Waals surface area contributed by atoms with Crippen molar-refractivity contribution in [2.45, 2.75) is 24.3 Å². The normalized spacial score (nSPS) is 12.0. The minimum Gasteiger partial charge on any atom is -0.461 e. The Morgan fingerprint density at radius 1 is 1.12 bits per heavy atom. The molecule has 2 aromatic carbocycles. The maximum atomic E-state index is 12.4. The molecule has 0 unspecified atom stereocenters. The van der Waals surface area contributed by atoms with Crippen molar-refractivity contribution in [3.63, 3.8) is 0 Å². The zero-order chi connectivity index (χ0) is 22.9. The largest absolute Gasteiger partial charge is 0.461 e. The van der Waals surface area contributed by atoms with Crippen molar-refractivity contribution < 1.29 is 17.9 Å². The van der Waals surface area contributed by atoms with Crippen molar-refractivity contribution in [3.8, 4) is 0 Å². The van der Waals surface area contributed by atoms with Crippen molar-refractivity contribution >= 4 is 37.9 Å². The van der Waals surface area contributed by atoms with Gasteiger partial charge in [0.05, 0.1) is 27.9 Å². The third kappa shape index (κ3) is 4.21. The minimum absolute atomic E-state index is 0.154. The highest BCUT2D eigenvalue weighted by Crippen LogP contribution is 2.22. The van der Waals surface area contributed by atoms with Crippen LogP contribution in [0, 0.1) is 0 Å². The summed E-state index contributed by atoms with van der Waals surface area (Å²) < 4.78 is 33.2. The third-order valence-electron chi connectivity index (χ3n) is 5.38. The second-order valence-corrected chi connectivity index (χ2v) is 9.83. The van der Waals surface area contributed by atoms with Crippen LogP contribution < -0.4 is 0 Å². The van der Waals surface area contributed by atoms with E-state index in [0.29, 0.717) is 17.8 Å². The van der Waals surface area contributed by atoms with Gasteiger partial charge in [0.2, 0.25) is 10.0 Å². The molecule has 0 saturated carbocycles. The molecule has 0 atom stereocenters. The number of sulfonamides is 1. The maximum Gasteiger partial charge on any atom is 0.306 e. The van der Waals surface area contributed by atoms with Gasteiger partial charge in [0.1, 0.15) is 12.4 Å². The topological polar surface area (TPSA) is 94.4 Å². The summed E-state index contributed by atoms with van der Waals surface area (Å²) in [5.74, 6) is 0.351. The van der Waals surface area contributed by atoms with Crippen LogP contribution in [0.5, 0.6) is 0 Å². The Kier molecular flexibility index (Phi) is 5.94. The number of benzene rings is 2. The molecule has 2 heterocycles. The molecule has 0 N–H and O–H groups in total. The Hall–Kier alpha value is -3.30. The van der Waals surface area contributed by atoms with Crippen molar-refractivity contribution in [1.29, 1.82) is 0 Å². The molecule has 0 aliphatic carbocycles. The first-order valence-electron chi connectivity index (χ1n) is 10.1. The zero-order valence-corrected chi connectivity index (χ0v) is 19.0. The highest BCUT2D eigenvalue weighted by atomic mass is 32.2. The SMILES string of the molecule is CN(C)S(=O)(=O)c1ccc2c(c1)nc(CCC(=O)OCc1cccc3cccnc13)n2C. The monoisotopic (exact) mass is 452 g/mol. The molecule has 0 saturated heterocycles. The lowest BCUT2D eigenvalue weighted by molar-refractivity contribution is -0.144. The number of pyridine rings is 1. The number of nitrogens with zero attached hydrogens (tertiary/aromatic N) is 4. The van der Waals surface area contributed by atoms with Crippen LogP contribution in [0.1, 0.15) is 17.8 Å². The number of aromatic nitrogens is 3. The van der Waals surface area contributed by atoms with E-state index in [9.17, 15) is 13.2 Å². The third-order valence-corrected chi connectivity index (χ3v) is 7.19. The summed E-state index contributed by atoms with van der Waals surface area (Å²) in [7, 11) is 1.28. The second-order valence-electron chi connectivity index (χ2n) is 7.68. The van der Waals surface area contributed by atoms with Crippen molar-refractivity contribution in [2.24, 2.45) is 7.05 Å². The number of carbonyl (C=O) groups is 1. The summed E-state index contributed by atoms with van der Waals surface area (Å²) in [6.07, 6.45) is 2.26. The smallest absolute Gasteiger partial charge is 0.306 e. The molecule has 0 aliphatic heterocycles. The second kappa shape index (κ2) is 8.68. The minimum atomic E-state index is -3.54. The molecular weight excluding hydrogens is 428 g/mol. The number of hydrogen-bond donors (Lipinski definition) is 0. The van der Waals surface area contributed by atoms with Crippen LogP contribution in [0.2, 0.25) is 0 Å². The van der Waals surface area contributed by atoms with Crippen LogP contribution in [0.3, 0.4) is 0 Å². The van der Waals surface area contributed by atoms with E-state index in [1.165, 1.54) is 18.4 Å². The molecule has 0 aliphatic rings. The van der Waals surface area contributed by atoms with E-state index in [1.54, 1.807) is 24.4 Å². The van der Waals surface area contributed by atoms with Gasteiger partial charge in [0.25, 0.3) is 0 Å². The summed E-state index contributed by atoms with van der Waals surface area (Å²) in [6.45, 7) is 0.154. The van der Waals surface area contributed by atoms with E-state index in [2.05, 4.69) is 9.97 Å². The van der Waals surface area contributed by atoms with Crippen LogP contribution in [0.25, 0.3) is 21.9 Å². The number of ether oxygens (including phenoxy) is 1. The van der Waals surface area contributed by atoms with Crippen molar-refractivity contribution in [3.05, 3.63) is 66.1 Å². The summed E-state index contributed by atoms with van der Waals surface area (Å²) >= 11 is 0. The molecule has 4 rings (SSSR count). The van der Waals surface area contributed by atoms with E-state index in [4.69, 9.17) is 4.74 Å². The van der Waals surface area contributed by atoms with E-state index in [1.807, 2.05) is 41.9 Å². The average Bonchev–Trinajstić information content (AvgIpc) is 3.11. The molecule has 0 bridgehead atoms. The highest BCUT2D eigenvalue weighted by Gasteiger charge is 2.19. The van der Waals surface area contributed by atoms with E-state index >= 15 is 0 Å². The summed E-state index contributed by atoms with van der Waals surface area (Å²) in [5.41, 5.74) is 3.05. The van der Waals surface area contributed by atoms with Crippen LogP contribution in [0.4, 0.5) is 0 Å². The number of para-hydroxylation sites is 1. The Morgan fingerprint density at radius 2 is 1.91 bits per heavy atom. The molecule has 0 amide bonds. The van der Waals surface area contributed by atoms with Gasteiger partial charge in [-0.15, -0.1) is 0 Å². The van der Waals surface area contributed by atoms with Gasteiger partial charge in [-0.1, -0.05) is 24.3 Å². The van der Waals surface area contributed by atoms with Crippen LogP contribution in [-0.4, -0.2) is 47.3 Å². The lowest BCUT2D eigenvalue weighted by Crippen LogP contribution is -2.22. The zero-order valence-electron chi connectivity index (χ0n) is 18.1. The fourth-order valence-corrected chi connectivity index (χ4v) is 4.47. The van der Waals surface area contributed by atoms with Gasteiger partial charge in [-0.2, -0.15) is 0 Å².